The van der Waals surface area contributed by atoms with Gasteiger partial charge in [0.25, 0.3) is 0 Å². The summed E-state index contributed by atoms with van der Waals surface area (Å²) in [6, 6.07) is 2.94. The molecule has 1 aliphatic heterocycles. The number of hydrogen-bond donors (Lipinski definition) is 1. The summed E-state index contributed by atoms with van der Waals surface area (Å²) in [5.41, 5.74) is 2.59. The van der Waals surface area contributed by atoms with Crippen LogP contribution in [-0.4, -0.2) is 36.1 Å². The summed E-state index contributed by atoms with van der Waals surface area (Å²) in [6.45, 7) is 5.46. The first kappa shape index (κ1) is 11.6. The molecule has 1 aliphatic rings. The van der Waals surface area contributed by atoms with Crippen LogP contribution in [0.25, 0.3) is 0 Å². The van der Waals surface area contributed by atoms with Crippen LogP contribution in [0.3, 0.4) is 0 Å². The maximum absolute atomic E-state index is 4.26. The Morgan fingerprint density at radius 1 is 1.50 bits per heavy atom. The molecular weight excluding hydrogens is 198 g/mol. The number of aromatic nitrogens is 1. The average molecular weight is 219 g/mol. The molecule has 1 atom stereocenters. The number of likely N-dealkylation sites (tertiary alicyclic amines) is 1. The van der Waals surface area contributed by atoms with E-state index in [1.165, 1.54) is 30.5 Å². The van der Waals surface area contributed by atoms with Gasteiger partial charge < -0.3 is 5.32 Å². The van der Waals surface area contributed by atoms with Crippen molar-refractivity contribution in [3.05, 3.63) is 29.6 Å². The number of nitrogens with zero attached hydrogens (tertiary/aromatic N) is 2. The van der Waals surface area contributed by atoms with Crippen LogP contribution >= 0.6 is 0 Å². The monoisotopic (exact) mass is 219 g/mol. The first-order valence-electron chi connectivity index (χ1n) is 6.09. The molecule has 3 heteroatoms. The van der Waals surface area contributed by atoms with Crippen molar-refractivity contribution < 1.29 is 0 Å². The molecule has 1 fully saturated rings. The Balaban J connectivity index is 1.98. The third-order valence-corrected chi connectivity index (χ3v) is 3.26. The molecule has 2 rings (SSSR count). The van der Waals surface area contributed by atoms with Gasteiger partial charge in [-0.2, -0.15) is 0 Å². The van der Waals surface area contributed by atoms with E-state index in [-0.39, 0.29) is 0 Å². The van der Waals surface area contributed by atoms with Crippen LogP contribution in [0.4, 0.5) is 0 Å². The van der Waals surface area contributed by atoms with Crippen molar-refractivity contribution in [2.45, 2.75) is 32.4 Å². The molecule has 1 aromatic heterocycles. The number of likely N-dealkylation sites (N-methyl/N-ethyl adjacent to an activating group) is 1. The third kappa shape index (κ3) is 2.80. The van der Waals surface area contributed by atoms with Crippen molar-refractivity contribution in [1.82, 2.24) is 15.2 Å². The van der Waals surface area contributed by atoms with E-state index in [1.807, 2.05) is 19.4 Å². The van der Waals surface area contributed by atoms with Gasteiger partial charge >= 0.3 is 0 Å². The van der Waals surface area contributed by atoms with E-state index < -0.39 is 0 Å². The van der Waals surface area contributed by atoms with Crippen molar-refractivity contribution in [2.24, 2.45) is 0 Å². The summed E-state index contributed by atoms with van der Waals surface area (Å²) in [4.78, 5) is 6.82. The normalized spacial score (nSPS) is 21.5. The molecular formula is C13H21N3. The predicted molar refractivity (Wildman–Crippen MR) is 66.3 cm³/mol. The van der Waals surface area contributed by atoms with E-state index in [4.69, 9.17) is 0 Å². The van der Waals surface area contributed by atoms with Crippen molar-refractivity contribution in [2.75, 3.05) is 20.1 Å². The van der Waals surface area contributed by atoms with E-state index in [2.05, 4.69) is 28.2 Å². The van der Waals surface area contributed by atoms with E-state index in [9.17, 15) is 0 Å². The Hall–Kier alpha value is -0.930. The fourth-order valence-corrected chi connectivity index (χ4v) is 2.51. The first-order valence-corrected chi connectivity index (χ1v) is 6.09. The van der Waals surface area contributed by atoms with Crippen molar-refractivity contribution >= 4 is 0 Å². The van der Waals surface area contributed by atoms with Crippen LogP contribution in [0.5, 0.6) is 0 Å². The van der Waals surface area contributed by atoms with Crippen molar-refractivity contribution in [1.29, 1.82) is 0 Å². The highest BCUT2D eigenvalue weighted by Gasteiger charge is 2.23. The van der Waals surface area contributed by atoms with Gasteiger partial charge in [0.1, 0.15) is 0 Å². The quantitative estimate of drug-likeness (QED) is 0.833. The van der Waals surface area contributed by atoms with Gasteiger partial charge in [-0.25, -0.2) is 0 Å². The summed E-state index contributed by atoms with van der Waals surface area (Å²) in [5, 5.41) is 3.28. The largest absolute Gasteiger partial charge is 0.318 e. The van der Waals surface area contributed by atoms with Gasteiger partial charge in [-0.1, -0.05) is 6.07 Å². The highest BCUT2D eigenvalue weighted by molar-refractivity contribution is 5.16. The predicted octanol–water partition coefficient (Wildman–Crippen LogP) is 1.57. The zero-order valence-electron chi connectivity index (χ0n) is 10.2. The zero-order valence-corrected chi connectivity index (χ0v) is 10.2. The highest BCUT2D eigenvalue weighted by atomic mass is 15.2. The molecule has 0 spiro atoms. The first-order chi connectivity index (χ1) is 7.79. The number of hydrogen-bond acceptors (Lipinski definition) is 3. The molecule has 0 aliphatic carbocycles. The van der Waals surface area contributed by atoms with Crippen LogP contribution in [0.1, 0.15) is 24.0 Å². The van der Waals surface area contributed by atoms with Crippen molar-refractivity contribution in [3.63, 3.8) is 0 Å². The fourth-order valence-electron chi connectivity index (χ4n) is 2.51. The molecule has 16 heavy (non-hydrogen) atoms. The summed E-state index contributed by atoms with van der Waals surface area (Å²) < 4.78 is 0. The van der Waals surface area contributed by atoms with Gasteiger partial charge in [-0.3, -0.25) is 9.88 Å². The zero-order chi connectivity index (χ0) is 11.4. The van der Waals surface area contributed by atoms with Gasteiger partial charge in [0, 0.05) is 31.5 Å². The molecule has 88 valence electrons. The molecule has 0 aromatic carbocycles. The second-order valence-electron chi connectivity index (χ2n) is 4.69. The number of aryl methyl sites for hydroxylation is 1. The van der Waals surface area contributed by atoms with Gasteiger partial charge in [-0.05, 0) is 44.5 Å². The van der Waals surface area contributed by atoms with Gasteiger partial charge in [0.05, 0.1) is 0 Å². The minimum absolute atomic E-state index is 0.700. The van der Waals surface area contributed by atoms with Crippen LogP contribution in [0, 0.1) is 6.92 Å². The molecule has 0 amide bonds. The lowest BCUT2D eigenvalue weighted by Gasteiger charge is -2.24. The fraction of sp³-hybridized carbons (Fsp3) is 0.615. The Kier molecular flexibility index (Phi) is 3.91. The van der Waals surface area contributed by atoms with Gasteiger partial charge in [0.15, 0.2) is 0 Å². The molecule has 1 unspecified atom stereocenters. The minimum atomic E-state index is 0.700. The lowest BCUT2D eigenvalue weighted by molar-refractivity contribution is 0.242. The van der Waals surface area contributed by atoms with Crippen LogP contribution < -0.4 is 5.32 Å². The summed E-state index contributed by atoms with van der Waals surface area (Å²) in [5.74, 6) is 0. The van der Waals surface area contributed by atoms with Crippen LogP contribution in [0.15, 0.2) is 18.5 Å². The second-order valence-corrected chi connectivity index (χ2v) is 4.69. The summed E-state index contributed by atoms with van der Waals surface area (Å²) >= 11 is 0. The van der Waals surface area contributed by atoms with Crippen LogP contribution in [-0.2, 0) is 6.54 Å². The maximum Gasteiger partial charge on any atom is 0.0313 e. The van der Waals surface area contributed by atoms with E-state index in [0.717, 1.165) is 13.1 Å². The molecule has 1 N–H and O–H groups in total. The minimum Gasteiger partial charge on any atom is -0.318 e. The molecule has 0 radical (unpaired) electrons. The summed E-state index contributed by atoms with van der Waals surface area (Å²) in [7, 11) is 2.03. The molecule has 1 aromatic rings. The Morgan fingerprint density at radius 3 is 3.12 bits per heavy atom. The Morgan fingerprint density at radius 2 is 2.38 bits per heavy atom. The van der Waals surface area contributed by atoms with Crippen molar-refractivity contribution in [3.8, 4) is 0 Å². The maximum atomic E-state index is 4.26. The average Bonchev–Trinajstić information content (AvgIpc) is 2.66. The van der Waals surface area contributed by atoms with E-state index in [0.29, 0.717) is 6.04 Å². The Bertz CT molecular complexity index is 338. The molecule has 1 saturated heterocycles. The molecule has 2 heterocycles. The van der Waals surface area contributed by atoms with Gasteiger partial charge in [0.2, 0.25) is 0 Å². The number of pyridine rings is 1. The lowest BCUT2D eigenvalue weighted by atomic mass is 10.2. The molecule has 3 nitrogen and oxygen atoms in total. The standard InChI is InChI=1S/C13H21N3/c1-11-6-12(8-15-7-11)10-16-5-3-4-13(16)9-14-2/h6-8,13-14H,3-5,9-10H2,1-2H3. The number of rotatable bonds is 4. The smallest absolute Gasteiger partial charge is 0.0313 e. The highest BCUT2D eigenvalue weighted by Crippen LogP contribution is 2.19. The summed E-state index contributed by atoms with van der Waals surface area (Å²) in [6.07, 6.45) is 6.55. The lowest BCUT2D eigenvalue weighted by Crippen LogP contribution is -2.36. The molecule has 0 bridgehead atoms. The van der Waals surface area contributed by atoms with E-state index >= 15 is 0 Å². The SMILES string of the molecule is CNCC1CCCN1Cc1cncc(C)c1. The van der Waals surface area contributed by atoms with Gasteiger partial charge in [-0.15, -0.1) is 0 Å². The third-order valence-electron chi connectivity index (χ3n) is 3.26. The Labute approximate surface area is 97.9 Å². The molecule has 0 saturated carbocycles. The topological polar surface area (TPSA) is 28.2 Å². The number of nitrogens with one attached hydrogen (secondary N) is 1. The van der Waals surface area contributed by atoms with E-state index in [1.54, 1.807) is 0 Å². The van der Waals surface area contributed by atoms with Crippen LogP contribution in [0.2, 0.25) is 0 Å². The second kappa shape index (κ2) is 5.41.